The van der Waals surface area contributed by atoms with Gasteiger partial charge in [0.25, 0.3) is 0 Å². The maximum atomic E-state index is 4.08. The Hall–Kier alpha value is -1.49. The lowest BCUT2D eigenvalue weighted by Gasteiger charge is -2.02. The summed E-state index contributed by atoms with van der Waals surface area (Å²) in [7, 11) is 0. The minimum atomic E-state index is 0.569. The molecule has 2 heterocycles. The molecule has 0 amide bonds. The standard InChI is InChI=1S/C9H7BrN4/c10-7-5-12-9(13-6-7)14-8-1-3-11-4-2-8/h1-6H,(H,11,12,13,14). The molecule has 0 unspecified atom stereocenters. The molecule has 0 saturated heterocycles. The van der Waals surface area contributed by atoms with Gasteiger partial charge in [-0.2, -0.15) is 0 Å². The van der Waals surface area contributed by atoms with Crippen LogP contribution in [0.3, 0.4) is 0 Å². The number of aromatic nitrogens is 3. The molecule has 2 aromatic rings. The van der Waals surface area contributed by atoms with Crippen LogP contribution in [0, 0.1) is 0 Å². The number of nitrogens with zero attached hydrogens (tertiary/aromatic N) is 3. The van der Waals surface area contributed by atoms with Gasteiger partial charge in [-0.05, 0) is 28.1 Å². The zero-order valence-electron chi connectivity index (χ0n) is 7.18. The normalized spacial score (nSPS) is 9.79. The number of rotatable bonds is 2. The molecule has 0 fully saturated rings. The summed E-state index contributed by atoms with van der Waals surface area (Å²) in [4.78, 5) is 12.1. The van der Waals surface area contributed by atoms with Crippen LogP contribution in [0.4, 0.5) is 11.6 Å². The number of hydrogen-bond donors (Lipinski definition) is 1. The number of halogens is 1. The molecule has 0 aliphatic heterocycles. The van der Waals surface area contributed by atoms with Crippen LogP contribution in [0.5, 0.6) is 0 Å². The molecule has 0 aliphatic carbocycles. The first-order valence-electron chi connectivity index (χ1n) is 3.99. The van der Waals surface area contributed by atoms with Crippen molar-refractivity contribution in [3.63, 3.8) is 0 Å². The fourth-order valence-electron chi connectivity index (χ4n) is 0.941. The number of nitrogens with one attached hydrogen (secondary N) is 1. The van der Waals surface area contributed by atoms with E-state index in [-0.39, 0.29) is 0 Å². The van der Waals surface area contributed by atoms with E-state index in [1.54, 1.807) is 24.8 Å². The van der Waals surface area contributed by atoms with Crippen molar-refractivity contribution in [3.05, 3.63) is 41.4 Å². The molecule has 0 bridgehead atoms. The van der Waals surface area contributed by atoms with Gasteiger partial charge in [0.2, 0.25) is 5.95 Å². The molecule has 1 N–H and O–H groups in total. The van der Waals surface area contributed by atoms with Crippen LogP contribution < -0.4 is 5.32 Å². The topological polar surface area (TPSA) is 50.7 Å². The highest BCUT2D eigenvalue weighted by atomic mass is 79.9. The van der Waals surface area contributed by atoms with Gasteiger partial charge < -0.3 is 5.32 Å². The number of anilines is 2. The Kier molecular flexibility index (Phi) is 2.69. The van der Waals surface area contributed by atoms with Gasteiger partial charge >= 0.3 is 0 Å². The van der Waals surface area contributed by atoms with Crippen LogP contribution in [0.25, 0.3) is 0 Å². The summed E-state index contributed by atoms with van der Waals surface area (Å²) in [6, 6.07) is 3.71. The summed E-state index contributed by atoms with van der Waals surface area (Å²) < 4.78 is 0.859. The highest BCUT2D eigenvalue weighted by Gasteiger charge is 1.95. The molecule has 14 heavy (non-hydrogen) atoms. The van der Waals surface area contributed by atoms with Gasteiger partial charge in [-0.3, -0.25) is 4.98 Å². The monoisotopic (exact) mass is 250 g/mol. The average molecular weight is 251 g/mol. The molecule has 70 valence electrons. The lowest BCUT2D eigenvalue weighted by atomic mass is 10.4. The zero-order chi connectivity index (χ0) is 9.80. The smallest absolute Gasteiger partial charge is 0.227 e. The Morgan fingerprint density at radius 3 is 2.36 bits per heavy atom. The highest BCUT2D eigenvalue weighted by Crippen LogP contribution is 2.12. The van der Waals surface area contributed by atoms with E-state index < -0.39 is 0 Å². The second-order valence-corrected chi connectivity index (χ2v) is 3.50. The van der Waals surface area contributed by atoms with Gasteiger partial charge in [-0.25, -0.2) is 9.97 Å². The lowest BCUT2D eigenvalue weighted by molar-refractivity contribution is 1.15. The molecule has 0 aliphatic rings. The lowest BCUT2D eigenvalue weighted by Crippen LogP contribution is -1.95. The van der Waals surface area contributed by atoms with E-state index in [4.69, 9.17) is 0 Å². The molecular weight excluding hydrogens is 244 g/mol. The Balaban J connectivity index is 2.16. The third-order valence-electron chi connectivity index (χ3n) is 1.56. The van der Waals surface area contributed by atoms with Gasteiger partial charge in [0.05, 0.1) is 4.47 Å². The van der Waals surface area contributed by atoms with Crippen molar-refractivity contribution in [3.8, 4) is 0 Å². The fraction of sp³-hybridized carbons (Fsp3) is 0. The molecule has 4 nitrogen and oxygen atoms in total. The van der Waals surface area contributed by atoms with Crippen LogP contribution in [-0.2, 0) is 0 Å². The predicted molar refractivity (Wildman–Crippen MR) is 57.3 cm³/mol. The predicted octanol–water partition coefficient (Wildman–Crippen LogP) is 2.38. The van der Waals surface area contributed by atoms with Gasteiger partial charge in [0.1, 0.15) is 0 Å². The van der Waals surface area contributed by atoms with Crippen molar-refractivity contribution in [2.75, 3.05) is 5.32 Å². The second-order valence-electron chi connectivity index (χ2n) is 2.59. The van der Waals surface area contributed by atoms with Crippen molar-refractivity contribution < 1.29 is 0 Å². The minimum absolute atomic E-state index is 0.569. The SMILES string of the molecule is Brc1cnc(Nc2ccncc2)nc1. The first-order chi connectivity index (χ1) is 6.84. The van der Waals surface area contributed by atoms with E-state index in [0.29, 0.717) is 5.95 Å². The Morgan fingerprint density at radius 2 is 1.71 bits per heavy atom. The van der Waals surface area contributed by atoms with E-state index in [1.165, 1.54) is 0 Å². The fourth-order valence-corrected chi connectivity index (χ4v) is 1.15. The quantitative estimate of drug-likeness (QED) is 0.890. The largest absolute Gasteiger partial charge is 0.324 e. The van der Waals surface area contributed by atoms with Crippen LogP contribution in [0.1, 0.15) is 0 Å². The molecule has 2 rings (SSSR count). The Labute approximate surface area is 89.6 Å². The maximum absolute atomic E-state index is 4.08. The van der Waals surface area contributed by atoms with E-state index in [9.17, 15) is 0 Å². The van der Waals surface area contributed by atoms with Crippen LogP contribution >= 0.6 is 15.9 Å². The van der Waals surface area contributed by atoms with Crippen molar-refractivity contribution in [2.45, 2.75) is 0 Å². The molecule has 2 aromatic heterocycles. The summed E-state index contributed by atoms with van der Waals surface area (Å²) >= 11 is 3.27. The van der Waals surface area contributed by atoms with Gasteiger partial charge in [-0.15, -0.1) is 0 Å². The van der Waals surface area contributed by atoms with E-state index in [1.807, 2.05) is 12.1 Å². The van der Waals surface area contributed by atoms with E-state index in [0.717, 1.165) is 10.2 Å². The average Bonchev–Trinajstić information content (AvgIpc) is 2.23. The maximum Gasteiger partial charge on any atom is 0.227 e. The van der Waals surface area contributed by atoms with Crippen LogP contribution in [0.15, 0.2) is 41.4 Å². The third-order valence-corrected chi connectivity index (χ3v) is 1.97. The number of pyridine rings is 1. The molecule has 0 aromatic carbocycles. The van der Waals surface area contributed by atoms with Gasteiger partial charge in [0.15, 0.2) is 0 Å². The minimum Gasteiger partial charge on any atom is -0.324 e. The number of hydrogen-bond acceptors (Lipinski definition) is 4. The van der Waals surface area contributed by atoms with Crippen molar-refractivity contribution >= 4 is 27.6 Å². The van der Waals surface area contributed by atoms with Gasteiger partial charge in [0, 0.05) is 30.5 Å². The van der Waals surface area contributed by atoms with Crippen molar-refractivity contribution in [1.82, 2.24) is 15.0 Å². The van der Waals surface area contributed by atoms with Crippen molar-refractivity contribution in [1.29, 1.82) is 0 Å². The zero-order valence-corrected chi connectivity index (χ0v) is 8.77. The first kappa shape index (κ1) is 9.08. The molecule has 0 radical (unpaired) electrons. The Morgan fingerprint density at radius 1 is 1.07 bits per heavy atom. The molecule has 0 spiro atoms. The van der Waals surface area contributed by atoms with Crippen molar-refractivity contribution in [2.24, 2.45) is 0 Å². The highest BCUT2D eigenvalue weighted by molar-refractivity contribution is 9.10. The molecule has 5 heteroatoms. The van der Waals surface area contributed by atoms with Crippen LogP contribution in [-0.4, -0.2) is 15.0 Å². The summed E-state index contributed by atoms with van der Waals surface area (Å²) in [5.41, 5.74) is 0.919. The summed E-state index contributed by atoms with van der Waals surface area (Å²) in [5.74, 6) is 0.569. The molecule has 0 atom stereocenters. The molecule has 0 saturated carbocycles. The first-order valence-corrected chi connectivity index (χ1v) is 4.78. The van der Waals surface area contributed by atoms with E-state index >= 15 is 0 Å². The van der Waals surface area contributed by atoms with Gasteiger partial charge in [-0.1, -0.05) is 0 Å². The summed E-state index contributed by atoms with van der Waals surface area (Å²) in [6.07, 6.45) is 6.80. The van der Waals surface area contributed by atoms with E-state index in [2.05, 4.69) is 36.2 Å². The second kappa shape index (κ2) is 4.15. The van der Waals surface area contributed by atoms with Crippen LogP contribution in [0.2, 0.25) is 0 Å². The Bertz CT molecular complexity index is 401. The third kappa shape index (κ3) is 2.26. The summed E-state index contributed by atoms with van der Waals surface area (Å²) in [5, 5.41) is 3.05. The molecular formula is C9H7BrN4. The summed E-state index contributed by atoms with van der Waals surface area (Å²) in [6.45, 7) is 0.